The third kappa shape index (κ3) is 5.30. The summed E-state index contributed by atoms with van der Waals surface area (Å²) in [6, 6.07) is 0. The molecule has 2 heterocycles. The summed E-state index contributed by atoms with van der Waals surface area (Å²) in [5.74, 6) is 0.288. The summed E-state index contributed by atoms with van der Waals surface area (Å²) in [7, 11) is 0. The molecule has 1 amide bonds. The predicted octanol–water partition coefficient (Wildman–Crippen LogP) is 1.39. The van der Waals surface area contributed by atoms with Gasteiger partial charge in [-0.05, 0) is 6.42 Å². The highest BCUT2D eigenvalue weighted by atomic mass is 16.5. The Morgan fingerprint density at radius 3 is 2.75 bits per heavy atom. The molecule has 1 aromatic heterocycles. The van der Waals surface area contributed by atoms with Gasteiger partial charge in [0.05, 0.1) is 19.1 Å². The number of aliphatic carboxylic acids is 1. The van der Waals surface area contributed by atoms with Gasteiger partial charge in [-0.3, -0.25) is 9.59 Å². The molecule has 134 valence electrons. The summed E-state index contributed by atoms with van der Waals surface area (Å²) in [4.78, 5) is 29.0. The molecule has 1 aliphatic rings. The summed E-state index contributed by atoms with van der Waals surface area (Å²) in [6.07, 6.45) is 1.03. The Kier molecular flexibility index (Phi) is 5.93. The molecule has 1 atom stereocenters. The van der Waals surface area contributed by atoms with Crippen molar-refractivity contribution in [2.24, 2.45) is 0 Å². The van der Waals surface area contributed by atoms with Gasteiger partial charge >= 0.3 is 5.97 Å². The standard InChI is InChI=1S/C16H25N3O5/c1-16(2,3)15-17-12(24-18-15)5-4-6-13(20)19-7-8-23-11(10-19)9-14(21)22/h11H,4-10H2,1-3H3,(H,21,22)/t11-/m1/s1. The average molecular weight is 339 g/mol. The quantitative estimate of drug-likeness (QED) is 0.834. The fourth-order valence-electron chi connectivity index (χ4n) is 2.47. The number of carboxylic acid groups (broad SMARTS) is 1. The molecule has 0 bridgehead atoms. The zero-order valence-electron chi connectivity index (χ0n) is 14.4. The molecule has 1 aliphatic heterocycles. The topological polar surface area (TPSA) is 106 Å². The van der Waals surface area contributed by atoms with Crippen LogP contribution in [-0.2, 0) is 26.2 Å². The van der Waals surface area contributed by atoms with E-state index in [2.05, 4.69) is 10.1 Å². The highest BCUT2D eigenvalue weighted by Crippen LogP contribution is 2.19. The summed E-state index contributed by atoms with van der Waals surface area (Å²) >= 11 is 0. The number of ether oxygens (including phenoxy) is 1. The van der Waals surface area contributed by atoms with Gasteiger partial charge in [0.2, 0.25) is 11.8 Å². The van der Waals surface area contributed by atoms with Gasteiger partial charge in [0.25, 0.3) is 0 Å². The first-order chi connectivity index (χ1) is 11.3. The van der Waals surface area contributed by atoms with E-state index in [0.717, 1.165) is 0 Å². The van der Waals surface area contributed by atoms with Crippen LogP contribution in [-0.4, -0.2) is 57.8 Å². The van der Waals surface area contributed by atoms with Crippen molar-refractivity contribution in [3.63, 3.8) is 0 Å². The Labute approximate surface area is 141 Å². The lowest BCUT2D eigenvalue weighted by Gasteiger charge is -2.32. The Balaban J connectivity index is 1.76. The van der Waals surface area contributed by atoms with E-state index in [0.29, 0.717) is 50.7 Å². The molecule has 1 saturated heterocycles. The molecule has 0 radical (unpaired) electrons. The number of carboxylic acids is 1. The predicted molar refractivity (Wildman–Crippen MR) is 84.5 cm³/mol. The lowest BCUT2D eigenvalue weighted by atomic mass is 9.96. The fraction of sp³-hybridized carbons (Fsp3) is 0.750. The van der Waals surface area contributed by atoms with E-state index in [1.807, 2.05) is 20.8 Å². The van der Waals surface area contributed by atoms with Crippen LogP contribution in [0.5, 0.6) is 0 Å². The van der Waals surface area contributed by atoms with E-state index in [4.69, 9.17) is 14.4 Å². The van der Waals surface area contributed by atoms with Gasteiger partial charge in [-0.1, -0.05) is 25.9 Å². The molecule has 0 unspecified atom stereocenters. The number of hydrogen-bond acceptors (Lipinski definition) is 6. The van der Waals surface area contributed by atoms with Crippen molar-refractivity contribution in [3.8, 4) is 0 Å². The summed E-state index contributed by atoms with van der Waals surface area (Å²) in [5, 5.41) is 12.8. The van der Waals surface area contributed by atoms with Gasteiger partial charge < -0.3 is 19.3 Å². The molecule has 1 N–H and O–H groups in total. The molecule has 0 aromatic carbocycles. The third-order valence-corrected chi connectivity index (χ3v) is 3.81. The fourth-order valence-corrected chi connectivity index (χ4v) is 2.47. The van der Waals surface area contributed by atoms with Crippen LogP contribution in [0.25, 0.3) is 0 Å². The van der Waals surface area contributed by atoms with Crippen molar-refractivity contribution < 1.29 is 24.0 Å². The van der Waals surface area contributed by atoms with Crippen LogP contribution in [0.3, 0.4) is 0 Å². The van der Waals surface area contributed by atoms with Crippen molar-refractivity contribution >= 4 is 11.9 Å². The van der Waals surface area contributed by atoms with Crippen LogP contribution in [0.4, 0.5) is 0 Å². The smallest absolute Gasteiger partial charge is 0.306 e. The number of rotatable bonds is 6. The van der Waals surface area contributed by atoms with Crippen LogP contribution < -0.4 is 0 Å². The number of aryl methyl sites for hydroxylation is 1. The van der Waals surface area contributed by atoms with Crippen LogP contribution >= 0.6 is 0 Å². The van der Waals surface area contributed by atoms with E-state index in [1.54, 1.807) is 4.90 Å². The Bertz CT molecular complexity index is 579. The summed E-state index contributed by atoms with van der Waals surface area (Å²) in [6.45, 7) is 7.25. The van der Waals surface area contributed by atoms with Crippen LogP contribution in [0, 0.1) is 0 Å². The van der Waals surface area contributed by atoms with Crippen molar-refractivity contribution in [2.45, 2.75) is 58.0 Å². The van der Waals surface area contributed by atoms with Crippen molar-refractivity contribution in [2.75, 3.05) is 19.7 Å². The molecule has 0 aliphatic carbocycles. The van der Waals surface area contributed by atoms with Crippen molar-refractivity contribution in [1.29, 1.82) is 0 Å². The minimum absolute atomic E-state index is 0.00393. The third-order valence-electron chi connectivity index (χ3n) is 3.81. The number of nitrogens with zero attached hydrogens (tertiary/aromatic N) is 3. The molecule has 2 rings (SSSR count). The van der Waals surface area contributed by atoms with Gasteiger partial charge in [-0.15, -0.1) is 0 Å². The maximum Gasteiger partial charge on any atom is 0.306 e. The first kappa shape index (κ1) is 18.4. The summed E-state index contributed by atoms with van der Waals surface area (Å²) < 4.78 is 10.6. The molecule has 0 saturated carbocycles. The van der Waals surface area contributed by atoms with E-state index in [-0.39, 0.29) is 17.7 Å². The van der Waals surface area contributed by atoms with Crippen molar-refractivity contribution in [1.82, 2.24) is 15.0 Å². The highest BCUT2D eigenvalue weighted by Gasteiger charge is 2.26. The van der Waals surface area contributed by atoms with Crippen LogP contribution in [0.1, 0.15) is 51.7 Å². The zero-order valence-corrected chi connectivity index (χ0v) is 14.4. The average Bonchev–Trinajstić information content (AvgIpc) is 2.95. The number of morpholine rings is 1. The second kappa shape index (κ2) is 7.74. The van der Waals surface area contributed by atoms with Gasteiger partial charge in [-0.25, -0.2) is 0 Å². The van der Waals surface area contributed by atoms with E-state index >= 15 is 0 Å². The molecule has 8 nitrogen and oxygen atoms in total. The highest BCUT2D eigenvalue weighted by molar-refractivity contribution is 5.76. The molecular formula is C16H25N3O5. The molecular weight excluding hydrogens is 314 g/mol. The summed E-state index contributed by atoms with van der Waals surface area (Å²) in [5.41, 5.74) is -0.162. The molecule has 1 aromatic rings. The van der Waals surface area contributed by atoms with Crippen LogP contribution in [0.15, 0.2) is 4.52 Å². The largest absolute Gasteiger partial charge is 0.481 e. The maximum atomic E-state index is 12.2. The second-order valence-corrected chi connectivity index (χ2v) is 7.05. The van der Waals surface area contributed by atoms with E-state index < -0.39 is 12.1 Å². The van der Waals surface area contributed by atoms with Gasteiger partial charge in [0, 0.05) is 31.3 Å². The molecule has 0 spiro atoms. The Morgan fingerprint density at radius 1 is 1.38 bits per heavy atom. The maximum absolute atomic E-state index is 12.2. The first-order valence-corrected chi connectivity index (χ1v) is 8.20. The minimum atomic E-state index is -0.916. The van der Waals surface area contributed by atoms with Crippen molar-refractivity contribution in [3.05, 3.63) is 11.7 Å². The zero-order chi connectivity index (χ0) is 17.7. The lowest BCUT2D eigenvalue weighted by molar-refractivity contribution is -0.147. The number of aromatic nitrogens is 2. The number of hydrogen-bond donors (Lipinski definition) is 1. The lowest BCUT2D eigenvalue weighted by Crippen LogP contribution is -2.46. The Morgan fingerprint density at radius 2 is 2.12 bits per heavy atom. The second-order valence-electron chi connectivity index (χ2n) is 7.05. The molecule has 1 fully saturated rings. The number of amides is 1. The molecule has 8 heteroatoms. The van der Waals surface area contributed by atoms with E-state index in [9.17, 15) is 9.59 Å². The first-order valence-electron chi connectivity index (χ1n) is 8.20. The number of carbonyl (C=O) groups is 2. The van der Waals surface area contributed by atoms with Gasteiger partial charge in [0.1, 0.15) is 0 Å². The SMILES string of the molecule is CC(C)(C)c1noc(CCCC(=O)N2CCO[C@H](CC(=O)O)C2)n1. The van der Waals surface area contributed by atoms with E-state index in [1.165, 1.54) is 0 Å². The van der Waals surface area contributed by atoms with Gasteiger partial charge in [-0.2, -0.15) is 4.98 Å². The Hall–Kier alpha value is -1.96. The normalized spacial score (nSPS) is 18.6. The van der Waals surface area contributed by atoms with Crippen LogP contribution in [0.2, 0.25) is 0 Å². The minimum Gasteiger partial charge on any atom is -0.481 e. The molecule has 24 heavy (non-hydrogen) atoms. The monoisotopic (exact) mass is 339 g/mol. The van der Waals surface area contributed by atoms with Gasteiger partial charge in [0.15, 0.2) is 5.82 Å². The number of carbonyl (C=O) groups excluding carboxylic acids is 1.